The third kappa shape index (κ3) is 4.96. The molecule has 8 rings (SSSR count). The molecule has 0 aliphatic carbocycles. The number of morpholine rings is 1. The predicted molar refractivity (Wildman–Crippen MR) is 165 cm³/mol. The zero-order valence-corrected chi connectivity index (χ0v) is 25.2. The topological polar surface area (TPSA) is 83.0 Å². The lowest BCUT2D eigenvalue weighted by Gasteiger charge is -2.52. The van der Waals surface area contributed by atoms with Gasteiger partial charge in [-0.1, -0.05) is 13.0 Å². The molecule has 4 bridgehead atoms. The summed E-state index contributed by atoms with van der Waals surface area (Å²) < 4.78 is 59.5. The van der Waals surface area contributed by atoms with Crippen LogP contribution in [-0.2, 0) is 11.2 Å². The molecule has 4 atom stereocenters. The van der Waals surface area contributed by atoms with Gasteiger partial charge in [-0.25, -0.2) is 13.2 Å². The number of nitrogens with zero attached hydrogens (tertiary/aromatic N) is 4. The second kappa shape index (κ2) is 11.3. The van der Waals surface area contributed by atoms with Crippen molar-refractivity contribution in [1.29, 1.82) is 0 Å². The molecular formula is C34H36F3N5O3. The van der Waals surface area contributed by atoms with Crippen molar-refractivity contribution in [1.82, 2.24) is 20.2 Å². The molecule has 0 spiro atoms. The van der Waals surface area contributed by atoms with Crippen LogP contribution >= 0.6 is 0 Å². The summed E-state index contributed by atoms with van der Waals surface area (Å²) >= 11 is 0. The van der Waals surface area contributed by atoms with Crippen LogP contribution in [0.25, 0.3) is 32.8 Å². The van der Waals surface area contributed by atoms with Crippen molar-refractivity contribution in [2.45, 2.75) is 63.2 Å². The zero-order chi connectivity index (χ0) is 30.8. The third-order valence-corrected chi connectivity index (χ3v) is 10.0. The van der Waals surface area contributed by atoms with Crippen molar-refractivity contribution in [3.05, 3.63) is 53.3 Å². The average Bonchev–Trinajstić information content (AvgIpc) is 3.38. The fourth-order valence-electron chi connectivity index (χ4n) is 7.91. The largest absolute Gasteiger partial charge is 0.508 e. The van der Waals surface area contributed by atoms with E-state index in [1.165, 1.54) is 36.8 Å². The van der Waals surface area contributed by atoms with Crippen molar-refractivity contribution >= 4 is 27.5 Å². The van der Waals surface area contributed by atoms with Crippen molar-refractivity contribution in [3.63, 3.8) is 0 Å². The highest BCUT2D eigenvalue weighted by Crippen LogP contribution is 2.42. The molecule has 0 radical (unpaired) electrons. The van der Waals surface area contributed by atoms with Crippen LogP contribution in [0.15, 0.2) is 30.3 Å². The highest BCUT2D eigenvalue weighted by atomic mass is 19.1. The molecule has 4 aliphatic heterocycles. The van der Waals surface area contributed by atoms with E-state index in [2.05, 4.69) is 20.1 Å². The molecule has 4 aromatic rings. The number of anilines is 1. The Bertz CT molecular complexity index is 1780. The summed E-state index contributed by atoms with van der Waals surface area (Å²) in [5, 5.41) is 15.2. The van der Waals surface area contributed by atoms with Gasteiger partial charge in [0.25, 0.3) is 0 Å². The Morgan fingerprint density at radius 1 is 1.02 bits per heavy atom. The van der Waals surface area contributed by atoms with Gasteiger partial charge in [0, 0.05) is 49.2 Å². The average molecular weight is 620 g/mol. The lowest BCUT2D eigenvalue weighted by molar-refractivity contribution is -0.127. The summed E-state index contributed by atoms with van der Waals surface area (Å²) in [5.41, 5.74) is -0.0444. The van der Waals surface area contributed by atoms with Gasteiger partial charge in [-0.2, -0.15) is 9.97 Å². The van der Waals surface area contributed by atoms with E-state index < -0.39 is 17.5 Å². The molecule has 2 N–H and O–H groups in total. The number of halogens is 3. The second-order valence-corrected chi connectivity index (χ2v) is 12.8. The number of aryl methyl sites for hydroxylation is 1. The molecule has 4 unspecified atom stereocenters. The number of phenols is 1. The normalized spacial score (nSPS) is 24.4. The Labute approximate surface area is 259 Å². The van der Waals surface area contributed by atoms with E-state index in [1.54, 1.807) is 6.92 Å². The maximum Gasteiger partial charge on any atom is 0.319 e. The SMILES string of the molecule is CCc1c(F)ccc2cc(O)cc(-c3c(F)cc4c(N5CC6CCC(C5)N6)nc(OCCCN5C6COCC5C6)nc4c3F)c12. The van der Waals surface area contributed by atoms with Crippen LogP contribution in [0.4, 0.5) is 19.0 Å². The van der Waals surface area contributed by atoms with Crippen LogP contribution in [0.1, 0.15) is 38.2 Å². The standard InChI is InChI=1S/C34H36F3N5O3/c1-2-24-27(35)7-4-18-10-23(43)12-25(29(18)24)30-28(36)13-26-32(31(30)37)39-34(40-33(26)41-14-19-5-6-20(15-41)38-19)45-9-3-8-42-21-11-22(42)17-44-16-21/h4,7,10,12-13,19-22,38,43H,2-3,5-6,8-9,11,14-17H2,1H3. The predicted octanol–water partition coefficient (Wildman–Crippen LogP) is 5.32. The fourth-order valence-corrected chi connectivity index (χ4v) is 7.91. The van der Waals surface area contributed by atoms with Crippen molar-refractivity contribution < 1.29 is 27.8 Å². The van der Waals surface area contributed by atoms with Gasteiger partial charge in [-0.15, -0.1) is 0 Å². The van der Waals surface area contributed by atoms with Gasteiger partial charge in [0.2, 0.25) is 0 Å². The van der Waals surface area contributed by atoms with E-state index in [4.69, 9.17) is 14.5 Å². The molecule has 5 heterocycles. The van der Waals surface area contributed by atoms with E-state index >= 15 is 8.78 Å². The smallest absolute Gasteiger partial charge is 0.319 e. The van der Waals surface area contributed by atoms with Crippen LogP contribution in [-0.4, -0.2) is 83.6 Å². The summed E-state index contributed by atoms with van der Waals surface area (Å²) in [4.78, 5) is 13.7. The van der Waals surface area contributed by atoms with E-state index in [1.807, 2.05) is 0 Å². The summed E-state index contributed by atoms with van der Waals surface area (Å²) in [6, 6.07) is 8.35. The van der Waals surface area contributed by atoms with Crippen LogP contribution in [0.3, 0.4) is 0 Å². The monoisotopic (exact) mass is 619 g/mol. The molecule has 45 heavy (non-hydrogen) atoms. The minimum atomic E-state index is -0.900. The number of rotatable bonds is 8. The number of nitrogens with one attached hydrogen (secondary N) is 1. The van der Waals surface area contributed by atoms with E-state index in [0.717, 1.165) is 39.0 Å². The lowest BCUT2D eigenvalue weighted by Crippen LogP contribution is -2.63. The molecule has 4 aliphatic rings. The highest BCUT2D eigenvalue weighted by Gasteiger charge is 2.41. The van der Waals surface area contributed by atoms with Gasteiger partial charge in [0.15, 0.2) is 5.82 Å². The summed E-state index contributed by atoms with van der Waals surface area (Å²) in [6.45, 7) is 5.84. The molecule has 4 saturated heterocycles. The summed E-state index contributed by atoms with van der Waals surface area (Å²) in [6.07, 6.45) is 4.29. The number of benzene rings is 3. The molecule has 0 saturated carbocycles. The fraction of sp³-hybridized carbons (Fsp3) is 0.471. The van der Waals surface area contributed by atoms with Gasteiger partial charge < -0.3 is 24.8 Å². The van der Waals surface area contributed by atoms with Crippen LogP contribution in [0.5, 0.6) is 11.8 Å². The number of phenolic OH excluding ortho intramolecular Hbond substituents is 1. The second-order valence-electron chi connectivity index (χ2n) is 12.8. The number of fused-ring (bicyclic) bond motifs is 6. The van der Waals surface area contributed by atoms with Crippen molar-refractivity contribution in [2.24, 2.45) is 0 Å². The van der Waals surface area contributed by atoms with Crippen molar-refractivity contribution in [2.75, 3.05) is 44.4 Å². The van der Waals surface area contributed by atoms with Crippen LogP contribution in [0, 0.1) is 17.5 Å². The Morgan fingerprint density at radius 2 is 1.80 bits per heavy atom. The summed E-state index contributed by atoms with van der Waals surface area (Å²) in [5.74, 6) is -1.94. The van der Waals surface area contributed by atoms with Crippen molar-refractivity contribution in [3.8, 4) is 22.9 Å². The minimum Gasteiger partial charge on any atom is -0.508 e. The Balaban J connectivity index is 1.21. The number of hydrogen-bond donors (Lipinski definition) is 2. The van der Waals surface area contributed by atoms with Crippen LogP contribution < -0.4 is 15.0 Å². The summed E-state index contributed by atoms with van der Waals surface area (Å²) in [7, 11) is 0. The van der Waals surface area contributed by atoms with Gasteiger partial charge in [-0.3, -0.25) is 4.90 Å². The Morgan fingerprint density at radius 3 is 2.53 bits per heavy atom. The first-order chi connectivity index (χ1) is 21.9. The maximum absolute atomic E-state index is 16.8. The molecule has 4 fully saturated rings. The highest BCUT2D eigenvalue weighted by molar-refractivity contribution is 6.03. The Kier molecular flexibility index (Phi) is 7.22. The molecular weight excluding hydrogens is 583 g/mol. The molecule has 236 valence electrons. The molecule has 0 amide bonds. The number of aromatic hydroxyl groups is 1. The quantitative estimate of drug-likeness (QED) is 0.257. The number of hydrogen-bond acceptors (Lipinski definition) is 8. The molecule has 1 aromatic heterocycles. The first-order valence-corrected chi connectivity index (χ1v) is 16.0. The lowest BCUT2D eigenvalue weighted by atomic mass is 9.91. The minimum absolute atomic E-state index is 0.0352. The molecule has 3 aromatic carbocycles. The first-order valence-electron chi connectivity index (χ1n) is 16.0. The number of ether oxygens (including phenoxy) is 2. The van der Waals surface area contributed by atoms with Gasteiger partial charge in [0.1, 0.15) is 28.7 Å². The van der Waals surface area contributed by atoms with E-state index in [-0.39, 0.29) is 45.9 Å². The van der Waals surface area contributed by atoms with Gasteiger partial charge in [-0.05, 0) is 78.3 Å². The van der Waals surface area contributed by atoms with E-state index in [9.17, 15) is 9.50 Å². The van der Waals surface area contributed by atoms with Crippen LogP contribution in [0.2, 0.25) is 0 Å². The van der Waals surface area contributed by atoms with Gasteiger partial charge >= 0.3 is 6.01 Å². The molecule has 11 heteroatoms. The maximum atomic E-state index is 16.8. The first kappa shape index (κ1) is 28.8. The number of piperazine rings is 1. The number of aromatic nitrogens is 2. The third-order valence-electron chi connectivity index (χ3n) is 10.0. The zero-order valence-electron chi connectivity index (χ0n) is 25.2. The van der Waals surface area contributed by atoms with Gasteiger partial charge in [0.05, 0.1) is 25.4 Å². The molecule has 8 nitrogen and oxygen atoms in total. The van der Waals surface area contributed by atoms with E-state index in [0.29, 0.717) is 60.4 Å². The Hall–Kier alpha value is -3.67.